The second-order valence-corrected chi connectivity index (χ2v) is 6.24. The van der Waals surface area contributed by atoms with Crippen LogP contribution in [0.25, 0.3) is 10.8 Å². The minimum absolute atomic E-state index is 0.187. The number of ether oxygens (including phenoxy) is 2. The molecule has 0 saturated carbocycles. The van der Waals surface area contributed by atoms with Gasteiger partial charge in [0.25, 0.3) is 0 Å². The summed E-state index contributed by atoms with van der Waals surface area (Å²) in [6.07, 6.45) is 0.305. The Morgan fingerprint density at radius 3 is 2.47 bits per heavy atom. The standard InChI is InChI=1S/C17H20O2/c1-17(2,3)14-6-4-13-9-15(7-5-12(13)8-14)18-10-16-11-19-16/h4-9,16H,10-11H2,1-3H3. The van der Waals surface area contributed by atoms with E-state index in [9.17, 15) is 0 Å². The number of hydrogen-bond acceptors (Lipinski definition) is 2. The van der Waals surface area contributed by atoms with Crippen molar-refractivity contribution < 1.29 is 9.47 Å². The molecule has 100 valence electrons. The summed E-state index contributed by atoms with van der Waals surface area (Å²) in [7, 11) is 0. The maximum atomic E-state index is 5.71. The van der Waals surface area contributed by atoms with Crippen LogP contribution in [0.15, 0.2) is 36.4 Å². The molecule has 1 unspecified atom stereocenters. The molecule has 1 saturated heterocycles. The number of rotatable bonds is 3. The second-order valence-electron chi connectivity index (χ2n) is 6.24. The van der Waals surface area contributed by atoms with Crippen molar-refractivity contribution in [3.63, 3.8) is 0 Å². The molecular weight excluding hydrogens is 236 g/mol. The van der Waals surface area contributed by atoms with Crippen molar-refractivity contribution in [1.82, 2.24) is 0 Å². The number of epoxide rings is 1. The normalized spacial score (nSPS) is 18.6. The quantitative estimate of drug-likeness (QED) is 0.776. The van der Waals surface area contributed by atoms with Crippen molar-refractivity contribution in [3.05, 3.63) is 42.0 Å². The summed E-state index contributed by atoms with van der Waals surface area (Å²) >= 11 is 0. The topological polar surface area (TPSA) is 21.8 Å². The minimum Gasteiger partial charge on any atom is -0.491 e. The van der Waals surface area contributed by atoms with Crippen LogP contribution in [0.3, 0.4) is 0 Å². The van der Waals surface area contributed by atoms with Gasteiger partial charge in [0.2, 0.25) is 0 Å². The molecule has 0 bridgehead atoms. The Hall–Kier alpha value is -1.54. The average molecular weight is 256 g/mol. The van der Waals surface area contributed by atoms with Gasteiger partial charge in [-0.15, -0.1) is 0 Å². The molecule has 19 heavy (non-hydrogen) atoms. The van der Waals surface area contributed by atoms with E-state index in [4.69, 9.17) is 9.47 Å². The summed E-state index contributed by atoms with van der Waals surface area (Å²) in [5.74, 6) is 0.923. The zero-order chi connectivity index (χ0) is 13.5. The van der Waals surface area contributed by atoms with Crippen LogP contribution in [0.2, 0.25) is 0 Å². The van der Waals surface area contributed by atoms with Crippen molar-refractivity contribution in [2.24, 2.45) is 0 Å². The molecule has 2 nitrogen and oxygen atoms in total. The van der Waals surface area contributed by atoms with Gasteiger partial charge in [0.05, 0.1) is 6.61 Å². The van der Waals surface area contributed by atoms with Gasteiger partial charge in [-0.2, -0.15) is 0 Å². The third kappa shape index (κ3) is 2.90. The van der Waals surface area contributed by atoms with E-state index in [2.05, 4.69) is 51.1 Å². The summed E-state index contributed by atoms with van der Waals surface area (Å²) in [5.41, 5.74) is 1.55. The van der Waals surface area contributed by atoms with Gasteiger partial charge in [0, 0.05) is 0 Å². The summed E-state index contributed by atoms with van der Waals surface area (Å²) < 4.78 is 10.9. The number of hydrogen-bond donors (Lipinski definition) is 0. The predicted octanol–water partition coefficient (Wildman–Crippen LogP) is 3.91. The Labute approximate surface area is 114 Å². The molecule has 1 fully saturated rings. The highest BCUT2D eigenvalue weighted by Crippen LogP contribution is 2.28. The first kappa shape index (κ1) is 12.5. The third-order valence-electron chi connectivity index (χ3n) is 3.52. The molecular formula is C17H20O2. The summed E-state index contributed by atoms with van der Waals surface area (Å²) in [4.78, 5) is 0. The van der Waals surface area contributed by atoms with E-state index in [0.29, 0.717) is 12.7 Å². The van der Waals surface area contributed by atoms with Gasteiger partial charge in [0.1, 0.15) is 18.5 Å². The van der Waals surface area contributed by atoms with E-state index in [1.807, 2.05) is 6.07 Å². The summed E-state index contributed by atoms with van der Waals surface area (Å²) in [5, 5.41) is 2.49. The zero-order valence-corrected chi connectivity index (χ0v) is 11.8. The molecule has 2 heteroatoms. The van der Waals surface area contributed by atoms with E-state index in [-0.39, 0.29) is 5.41 Å². The Balaban J connectivity index is 1.86. The average Bonchev–Trinajstić information content (AvgIpc) is 3.18. The number of benzene rings is 2. The maximum Gasteiger partial charge on any atom is 0.120 e. The van der Waals surface area contributed by atoms with E-state index in [1.165, 1.54) is 16.3 Å². The van der Waals surface area contributed by atoms with Crippen LogP contribution in [-0.2, 0) is 10.2 Å². The van der Waals surface area contributed by atoms with Gasteiger partial charge in [-0.25, -0.2) is 0 Å². The molecule has 1 aliphatic rings. The maximum absolute atomic E-state index is 5.71. The van der Waals surface area contributed by atoms with Gasteiger partial charge < -0.3 is 9.47 Å². The van der Waals surface area contributed by atoms with Gasteiger partial charge in [-0.3, -0.25) is 0 Å². The fourth-order valence-corrected chi connectivity index (χ4v) is 2.13. The summed E-state index contributed by atoms with van der Waals surface area (Å²) in [6.45, 7) is 8.21. The second kappa shape index (κ2) is 4.53. The van der Waals surface area contributed by atoms with Gasteiger partial charge in [-0.1, -0.05) is 45.0 Å². The van der Waals surface area contributed by atoms with Crippen LogP contribution in [0, 0.1) is 0 Å². The molecule has 1 heterocycles. The van der Waals surface area contributed by atoms with Gasteiger partial charge in [0.15, 0.2) is 0 Å². The molecule has 0 radical (unpaired) electrons. The fourth-order valence-electron chi connectivity index (χ4n) is 2.13. The molecule has 1 aliphatic heterocycles. The Bertz CT molecular complexity index is 592. The molecule has 0 N–H and O–H groups in total. The van der Waals surface area contributed by atoms with Crippen LogP contribution >= 0.6 is 0 Å². The first-order valence-corrected chi connectivity index (χ1v) is 6.81. The van der Waals surface area contributed by atoms with E-state index >= 15 is 0 Å². The lowest BCUT2D eigenvalue weighted by molar-refractivity contribution is 0.263. The van der Waals surface area contributed by atoms with Gasteiger partial charge in [-0.05, 0) is 33.9 Å². The molecule has 2 aromatic rings. The van der Waals surface area contributed by atoms with Crippen LogP contribution in [-0.4, -0.2) is 19.3 Å². The monoisotopic (exact) mass is 256 g/mol. The Morgan fingerprint density at radius 1 is 1.11 bits per heavy atom. The lowest BCUT2D eigenvalue weighted by Gasteiger charge is -2.19. The van der Waals surface area contributed by atoms with Crippen LogP contribution in [0.4, 0.5) is 0 Å². The third-order valence-corrected chi connectivity index (χ3v) is 3.52. The van der Waals surface area contributed by atoms with Gasteiger partial charge >= 0.3 is 0 Å². The van der Waals surface area contributed by atoms with E-state index < -0.39 is 0 Å². The first-order chi connectivity index (χ1) is 9.02. The SMILES string of the molecule is CC(C)(C)c1ccc2cc(OCC3CO3)ccc2c1. The van der Waals surface area contributed by atoms with Crippen LogP contribution in [0.5, 0.6) is 5.75 Å². The zero-order valence-electron chi connectivity index (χ0n) is 11.8. The molecule has 0 spiro atoms. The molecule has 0 aromatic heterocycles. The first-order valence-electron chi connectivity index (χ1n) is 6.81. The Morgan fingerprint density at radius 2 is 1.79 bits per heavy atom. The van der Waals surface area contributed by atoms with E-state index in [0.717, 1.165) is 12.4 Å². The van der Waals surface area contributed by atoms with Crippen molar-refractivity contribution >= 4 is 10.8 Å². The fraction of sp³-hybridized carbons (Fsp3) is 0.412. The predicted molar refractivity (Wildman–Crippen MR) is 77.9 cm³/mol. The molecule has 3 rings (SSSR count). The minimum atomic E-state index is 0.187. The van der Waals surface area contributed by atoms with Crippen LogP contribution < -0.4 is 4.74 Å². The van der Waals surface area contributed by atoms with E-state index in [1.54, 1.807) is 0 Å². The van der Waals surface area contributed by atoms with Crippen molar-refractivity contribution in [2.75, 3.05) is 13.2 Å². The lowest BCUT2D eigenvalue weighted by Crippen LogP contribution is -2.10. The highest BCUT2D eigenvalue weighted by atomic mass is 16.6. The van der Waals surface area contributed by atoms with Crippen molar-refractivity contribution in [1.29, 1.82) is 0 Å². The van der Waals surface area contributed by atoms with Crippen LogP contribution in [0.1, 0.15) is 26.3 Å². The molecule has 2 aromatic carbocycles. The number of fused-ring (bicyclic) bond motifs is 1. The molecule has 1 atom stereocenters. The Kier molecular flexibility index (Phi) is 2.98. The molecule has 0 aliphatic carbocycles. The molecule has 0 amide bonds. The highest BCUT2D eigenvalue weighted by Gasteiger charge is 2.23. The smallest absolute Gasteiger partial charge is 0.120 e. The van der Waals surface area contributed by atoms with Crippen molar-refractivity contribution in [2.45, 2.75) is 32.3 Å². The highest BCUT2D eigenvalue weighted by molar-refractivity contribution is 5.84. The van der Waals surface area contributed by atoms with Crippen molar-refractivity contribution in [3.8, 4) is 5.75 Å². The summed E-state index contributed by atoms with van der Waals surface area (Å²) in [6, 6.07) is 12.9. The largest absolute Gasteiger partial charge is 0.491 e. The lowest BCUT2D eigenvalue weighted by atomic mass is 9.86.